The van der Waals surface area contributed by atoms with Crippen LogP contribution < -0.4 is 0 Å². The number of aromatic nitrogens is 2. The lowest BCUT2D eigenvalue weighted by molar-refractivity contribution is 0.480. The van der Waals surface area contributed by atoms with Gasteiger partial charge in [0.05, 0.1) is 11.7 Å². The van der Waals surface area contributed by atoms with Crippen molar-refractivity contribution in [1.82, 2.24) is 8.75 Å². The summed E-state index contributed by atoms with van der Waals surface area (Å²) in [6, 6.07) is 9.21. The van der Waals surface area contributed by atoms with E-state index in [-0.39, 0.29) is 5.41 Å². The summed E-state index contributed by atoms with van der Waals surface area (Å²) in [7, 11) is 0. The van der Waals surface area contributed by atoms with Gasteiger partial charge < -0.3 is 0 Å². The van der Waals surface area contributed by atoms with Crippen LogP contribution in [-0.2, 0) is 5.41 Å². The molecule has 1 aromatic carbocycles. The van der Waals surface area contributed by atoms with Crippen LogP contribution in [0, 0.1) is 13.8 Å². The van der Waals surface area contributed by atoms with Gasteiger partial charge in [-0.15, -0.1) is 22.7 Å². The molecule has 0 radical (unpaired) electrons. The topological polar surface area (TPSA) is 25.8 Å². The van der Waals surface area contributed by atoms with Gasteiger partial charge in [-0.2, -0.15) is 8.75 Å². The average Bonchev–Trinajstić information content (AvgIpc) is 3.45. The van der Waals surface area contributed by atoms with Crippen LogP contribution >= 0.6 is 34.4 Å². The maximum Gasteiger partial charge on any atom is 0.114 e. The number of fused-ring (bicyclic) bond motifs is 1. The van der Waals surface area contributed by atoms with Crippen LogP contribution in [0.1, 0.15) is 80.7 Å². The Balaban J connectivity index is 1.80. The highest BCUT2D eigenvalue weighted by Gasteiger charge is 2.25. The molecule has 4 aromatic rings. The number of hydrogen-bond acceptors (Lipinski definition) is 5. The fourth-order valence-corrected chi connectivity index (χ4v) is 7.83. The minimum Gasteiger partial charge on any atom is -0.172 e. The lowest BCUT2D eigenvalue weighted by Crippen LogP contribution is -2.15. The first-order valence-corrected chi connectivity index (χ1v) is 13.6. The summed E-state index contributed by atoms with van der Waals surface area (Å²) < 4.78 is 9.48. The van der Waals surface area contributed by atoms with Crippen molar-refractivity contribution < 1.29 is 0 Å². The van der Waals surface area contributed by atoms with Crippen LogP contribution in [-0.4, -0.2) is 8.75 Å². The van der Waals surface area contributed by atoms with Crippen molar-refractivity contribution in [2.24, 2.45) is 0 Å². The summed E-state index contributed by atoms with van der Waals surface area (Å²) in [5.41, 5.74) is 7.52. The predicted octanol–water partition coefficient (Wildman–Crippen LogP) is 9.36. The molecular formula is C26H32N2S3. The van der Waals surface area contributed by atoms with E-state index in [1.54, 1.807) is 0 Å². The normalized spacial score (nSPS) is 13.3. The van der Waals surface area contributed by atoms with Crippen LogP contribution in [0.2, 0.25) is 0 Å². The van der Waals surface area contributed by atoms with E-state index in [2.05, 4.69) is 72.7 Å². The Hall–Kier alpha value is -1.56. The highest BCUT2D eigenvalue weighted by atomic mass is 32.1. The van der Waals surface area contributed by atoms with Gasteiger partial charge in [-0.1, -0.05) is 53.2 Å². The quantitative estimate of drug-likeness (QED) is 0.270. The van der Waals surface area contributed by atoms with Gasteiger partial charge in [0.2, 0.25) is 0 Å². The van der Waals surface area contributed by atoms with Gasteiger partial charge in [0.25, 0.3) is 0 Å². The number of hydrogen-bond donors (Lipinski definition) is 0. The molecule has 0 N–H and O–H groups in total. The van der Waals surface area contributed by atoms with Gasteiger partial charge >= 0.3 is 0 Å². The zero-order valence-electron chi connectivity index (χ0n) is 19.6. The predicted molar refractivity (Wildman–Crippen MR) is 140 cm³/mol. The maximum absolute atomic E-state index is 4.74. The molecule has 3 heterocycles. The molecule has 0 aliphatic carbocycles. The molecule has 0 aliphatic rings. The number of rotatable bonds is 7. The van der Waals surface area contributed by atoms with Crippen molar-refractivity contribution in [3.63, 3.8) is 0 Å². The van der Waals surface area contributed by atoms with Crippen LogP contribution in [0.25, 0.3) is 31.9 Å². The zero-order valence-corrected chi connectivity index (χ0v) is 22.1. The Labute approximate surface area is 198 Å². The molecule has 4 rings (SSSR count). The molecule has 5 heteroatoms. The zero-order chi connectivity index (χ0) is 22.3. The number of nitrogens with zero attached hydrogens (tertiary/aromatic N) is 2. The Morgan fingerprint density at radius 1 is 0.903 bits per heavy atom. The molecule has 0 fully saturated rings. The molecule has 0 bridgehead atoms. The monoisotopic (exact) mass is 468 g/mol. The van der Waals surface area contributed by atoms with Crippen molar-refractivity contribution in [2.45, 2.75) is 79.1 Å². The average molecular weight is 469 g/mol. The lowest BCUT2D eigenvalue weighted by Gasteiger charge is -2.23. The van der Waals surface area contributed by atoms with Crippen molar-refractivity contribution in [3.05, 3.63) is 45.1 Å². The SMILES string of the molecule is CCCC(C)(C)c1sc(-c2ccc(-c3cc(C)c(C(C)CC)s3)c3nsnc23)cc1C. The largest absolute Gasteiger partial charge is 0.172 e. The van der Waals surface area contributed by atoms with Gasteiger partial charge in [0.1, 0.15) is 11.0 Å². The third-order valence-corrected chi connectivity index (χ3v) is 10.0. The molecule has 0 saturated carbocycles. The van der Waals surface area contributed by atoms with E-state index in [0.717, 1.165) is 11.0 Å². The van der Waals surface area contributed by atoms with E-state index in [4.69, 9.17) is 8.75 Å². The molecule has 0 saturated heterocycles. The minimum absolute atomic E-state index is 0.210. The van der Waals surface area contributed by atoms with Gasteiger partial charge in [-0.25, -0.2) is 0 Å². The van der Waals surface area contributed by atoms with Gasteiger partial charge in [-0.3, -0.25) is 0 Å². The van der Waals surface area contributed by atoms with Crippen molar-refractivity contribution in [1.29, 1.82) is 0 Å². The molecule has 2 nitrogen and oxygen atoms in total. The van der Waals surface area contributed by atoms with Crippen LogP contribution in [0.15, 0.2) is 24.3 Å². The first-order valence-electron chi connectivity index (χ1n) is 11.2. The molecule has 31 heavy (non-hydrogen) atoms. The fraction of sp³-hybridized carbons (Fsp3) is 0.462. The van der Waals surface area contributed by atoms with Crippen molar-refractivity contribution >= 4 is 45.4 Å². The van der Waals surface area contributed by atoms with E-state index < -0.39 is 0 Å². The summed E-state index contributed by atoms with van der Waals surface area (Å²) in [5, 5.41) is 0. The number of thiophene rings is 2. The Kier molecular flexibility index (Phi) is 6.39. The van der Waals surface area contributed by atoms with E-state index in [1.807, 2.05) is 22.7 Å². The second-order valence-corrected chi connectivity index (χ2v) is 12.0. The lowest BCUT2D eigenvalue weighted by atomic mass is 9.85. The van der Waals surface area contributed by atoms with Crippen LogP contribution in [0.5, 0.6) is 0 Å². The number of aryl methyl sites for hydroxylation is 2. The van der Waals surface area contributed by atoms with E-state index in [9.17, 15) is 0 Å². The summed E-state index contributed by atoms with van der Waals surface area (Å²) in [4.78, 5) is 5.61. The molecule has 1 unspecified atom stereocenters. The van der Waals surface area contributed by atoms with Crippen LogP contribution in [0.3, 0.4) is 0 Å². The van der Waals surface area contributed by atoms with Crippen molar-refractivity contribution in [2.75, 3.05) is 0 Å². The second kappa shape index (κ2) is 8.76. The standard InChI is InChI=1S/C26H32N2S3/c1-8-12-26(6,7)25-17(5)14-21(30-25)19-11-10-18(22-23(19)28-31-27-22)20-13-16(4)24(29-20)15(3)9-2/h10-11,13-15H,8-9,12H2,1-7H3. The fourth-order valence-electron chi connectivity index (χ4n) is 4.59. The van der Waals surface area contributed by atoms with E-state index >= 15 is 0 Å². The number of benzene rings is 1. The maximum atomic E-state index is 4.74. The Bertz CT molecular complexity index is 1210. The molecule has 0 aliphatic heterocycles. The summed E-state index contributed by atoms with van der Waals surface area (Å²) in [6.45, 7) is 16.1. The minimum atomic E-state index is 0.210. The first-order chi connectivity index (χ1) is 14.8. The summed E-state index contributed by atoms with van der Waals surface area (Å²) in [5.74, 6) is 0.598. The van der Waals surface area contributed by atoms with Crippen LogP contribution in [0.4, 0.5) is 0 Å². The molecule has 1 atom stereocenters. The third kappa shape index (κ3) is 4.12. The summed E-state index contributed by atoms with van der Waals surface area (Å²) in [6.07, 6.45) is 3.58. The first kappa shape index (κ1) is 22.6. The summed E-state index contributed by atoms with van der Waals surface area (Å²) >= 11 is 5.18. The highest BCUT2D eigenvalue weighted by Crippen LogP contribution is 2.44. The molecule has 164 valence electrons. The van der Waals surface area contributed by atoms with Gasteiger partial charge in [-0.05, 0) is 61.3 Å². The molecular weight excluding hydrogens is 437 g/mol. The van der Waals surface area contributed by atoms with E-state index in [0.29, 0.717) is 5.92 Å². The third-order valence-electron chi connectivity index (χ3n) is 6.37. The van der Waals surface area contributed by atoms with Crippen molar-refractivity contribution in [3.8, 4) is 20.9 Å². The van der Waals surface area contributed by atoms with Gasteiger partial charge in [0.15, 0.2) is 0 Å². The second-order valence-electron chi connectivity index (χ2n) is 9.35. The Morgan fingerprint density at radius 3 is 2.06 bits per heavy atom. The highest BCUT2D eigenvalue weighted by molar-refractivity contribution is 7.16. The van der Waals surface area contributed by atoms with Gasteiger partial charge in [0, 0.05) is 30.6 Å². The van der Waals surface area contributed by atoms with E-state index in [1.165, 1.54) is 72.8 Å². The molecule has 0 amide bonds. The Morgan fingerprint density at radius 2 is 1.48 bits per heavy atom. The molecule has 0 spiro atoms. The smallest absolute Gasteiger partial charge is 0.114 e. The molecule has 3 aromatic heterocycles.